The van der Waals surface area contributed by atoms with Crippen LogP contribution < -0.4 is 0 Å². The van der Waals surface area contributed by atoms with E-state index in [1.165, 1.54) is 6.08 Å². The van der Waals surface area contributed by atoms with Crippen LogP contribution in [0, 0.1) is 29.6 Å². The highest BCUT2D eigenvalue weighted by Gasteiger charge is 2.57. The summed E-state index contributed by atoms with van der Waals surface area (Å²) in [6.45, 7) is 9.43. The Morgan fingerprint density at radius 2 is 1.92 bits per heavy atom. The van der Waals surface area contributed by atoms with Gasteiger partial charge in [0.15, 0.2) is 5.78 Å². The second-order valence-corrected chi connectivity index (χ2v) is 8.02. The normalized spacial score (nSPS) is 39.7. The molecule has 25 heavy (non-hydrogen) atoms. The Kier molecular flexibility index (Phi) is 4.60. The molecule has 3 aliphatic rings. The van der Waals surface area contributed by atoms with E-state index in [2.05, 4.69) is 0 Å². The minimum atomic E-state index is -0.521. The molecule has 0 aromatic carbocycles. The second-order valence-electron chi connectivity index (χ2n) is 8.02. The Hall–Kier alpha value is -1.91. The summed E-state index contributed by atoms with van der Waals surface area (Å²) in [5, 5.41) is 0. The van der Waals surface area contributed by atoms with Gasteiger partial charge in [-0.1, -0.05) is 25.0 Å². The molecule has 1 heterocycles. The van der Waals surface area contributed by atoms with Gasteiger partial charge in [0.25, 0.3) is 0 Å². The van der Waals surface area contributed by atoms with Crippen molar-refractivity contribution in [2.75, 3.05) is 0 Å². The maximum atomic E-state index is 12.5. The zero-order valence-electron chi connectivity index (χ0n) is 15.4. The molecule has 2 aliphatic carbocycles. The lowest BCUT2D eigenvalue weighted by atomic mass is 9.76. The average molecular weight is 346 g/mol. The predicted molar refractivity (Wildman–Crippen MR) is 91.4 cm³/mol. The monoisotopic (exact) mass is 346 g/mol. The Morgan fingerprint density at radius 3 is 2.56 bits per heavy atom. The van der Waals surface area contributed by atoms with Gasteiger partial charge >= 0.3 is 11.9 Å². The number of esters is 2. The molecule has 5 nitrogen and oxygen atoms in total. The fourth-order valence-electron chi connectivity index (χ4n) is 4.80. The van der Waals surface area contributed by atoms with Gasteiger partial charge in [-0.3, -0.25) is 9.59 Å². The molecular formula is C20H26O5. The van der Waals surface area contributed by atoms with Gasteiger partial charge in [0.05, 0.1) is 5.92 Å². The first-order valence-corrected chi connectivity index (χ1v) is 8.98. The number of rotatable bonds is 2. The SMILES string of the molecule is CC(C)=CC(=O)O[C@@H]1[C@@H]2C(C)=CC(=O)[C@@H]2[C@H](C)C[C@H]2OC(=O)[C@H](C)[C@@H]12. The van der Waals surface area contributed by atoms with Crippen molar-refractivity contribution in [3.8, 4) is 0 Å². The van der Waals surface area contributed by atoms with Crippen molar-refractivity contribution in [2.24, 2.45) is 29.6 Å². The largest absolute Gasteiger partial charge is 0.462 e. The highest BCUT2D eigenvalue weighted by molar-refractivity contribution is 5.96. The van der Waals surface area contributed by atoms with Crippen LogP contribution in [0.1, 0.15) is 41.0 Å². The van der Waals surface area contributed by atoms with E-state index in [1.54, 1.807) is 6.08 Å². The van der Waals surface area contributed by atoms with Gasteiger partial charge in [0, 0.05) is 23.8 Å². The van der Waals surface area contributed by atoms with Crippen molar-refractivity contribution in [1.29, 1.82) is 0 Å². The molecule has 3 rings (SSSR count). The summed E-state index contributed by atoms with van der Waals surface area (Å²) in [5.41, 5.74) is 1.78. The maximum absolute atomic E-state index is 12.5. The van der Waals surface area contributed by atoms with Crippen LogP contribution in [-0.4, -0.2) is 29.9 Å². The number of ketones is 1. The van der Waals surface area contributed by atoms with Gasteiger partial charge in [-0.2, -0.15) is 0 Å². The van der Waals surface area contributed by atoms with Crippen LogP contribution in [0.25, 0.3) is 0 Å². The third-order valence-corrected chi connectivity index (χ3v) is 5.87. The van der Waals surface area contributed by atoms with Gasteiger partial charge in [-0.05, 0) is 39.2 Å². The van der Waals surface area contributed by atoms with Crippen molar-refractivity contribution in [3.05, 3.63) is 23.3 Å². The topological polar surface area (TPSA) is 69.7 Å². The van der Waals surface area contributed by atoms with E-state index < -0.39 is 12.1 Å². The Morgan fingerprint density at radius 1 is 1.24 bits per heavy atom. The van der Waals surface area contributed by atoms with Crippen LogP contribution in [-0.2, 0) is 23.9 Å². The number of hydrogen-bond acceptors (Lipinski definition) is 5. The van der Waals surface area contributed by atoms with Gasteiger partial charge in [-0.25, -0.2) is 4.79 Å². The Labute approximate surface area is 148 Å². The molecule has 0 unspecified atom stereocenters. The van der Waals surface area contributed by atoms with Gasteiger partial charge in [-0.15, -0.1) is 0 Å². The third kappa shape index (κ3) is 3.05. The average Bonchev–Trinajstić information content (AvgIpc) is 2.88. The molecule has 0 aromatic heterocycles. The van der Waals surface area contributed by atoms with E-state index in [0.29, 0.717) is 6.42 Å². The quantitative estimate of drug-likeness (QED) is 0.568. The highest BCUT2D eigenvalue weighted by Crippen LogP contribution is 2.50. The number of fused-ring (bicyclic) bond motifs is 2. The van der Waals surface area contributed by atoms with Crippen molar-refractivity contribution in [1.82, 2.24) is 0 Å². The van der Waals surface area contributed by atoms with E-state index in [4.69, 9.17) is 9.47 Å². The Bertz CT molecular complexity index is 670. The van der Waals surface area contributed by atoms with Crippen molar-refractivity contribution in [2.45, 2.75) is 53.2 Å². The summed E-state index contributed by atoms with van der Waals surface area (Å²) in [6.07, 6.45) is 2.94. The van der Waals surface area contributed by atoms with E-state index in [0.717, 1.165) is 11.1 Å². The summed E-state index contributed by atoms with van der Waals surface area (Å²) < 4.78 is 11.4. The first-order valence-electron chi connectivity index (χ1n) is 8.98. The molecule has 0 bridgehead atoms. The first-order chi connectivity index (χ1) is 11.7. The molecule has 1 saturated heterocycles. The van der Waals surface area contributed by atoms with E-state index >= 15 is 0 Å². The van der Waals surface area contributed by atoms with Crippen LogP contribution in [0.2, 0.25) is 0 Å². The summed E-state index contributed by atoms with van der Waals surface area (Å²) >= 11 is 0. The smallest absolute Gasteiger partial charge is 0.330 e. The van der Waals surface area contributed by atoms with Crippen LogP contribution in [0.5, 0.6) is 0 Å². The molecule has 1 aliphatic heterocycles. The van der Waals surface area contributed by atoms with Gasteiger partial charge in [0.1, 0.15) is 12.2 Å². The molecule has 0 N–H and O–H groups in total. The molecule has 136 valence electrons. The number of carbonyl (C=O) groups excluding carboxylic acids is 3. The third-order valence-electron chi connectivity index (χ3n) is 5.87. The number of hydrogen-bond donors (Lipinski definition) is 0. The fraction of sp³-hybridized carbons (Fsp3) is 0.650. The zero-order valence-corrected chi connectivity index (χ0v) is 15.4. The van der Waals surface area contributed by atoms with Crippen molar-refractivity contribution < 1.29 is 23.9 Å². The fourth-order valence-corrected chi connectivity index (χ4v) is 4.80. The predicted octanol–water partition coefficient (Wildman–Crippen LogP) is 2.84. The molecule has 0 radical (unpaired) electrons. The van der Waals surface area contributed by atoms with Crippen molar-refractivity contribution >= 4 is 17.7 Å². The first kappa shape index (κ1) is 17.9. The maximum Gasteiger partial charge on any atom is 0.330 e. The standard InChI is InChI=1S/C20H26O5/c1-9(2)6-15(22)25-19-17-10(3)7-13(21)16(17)11(4)8-14-18(19)12(5)20(23)24-14/h6-7,11-12,14,16-19H,8H2,1-5H3/t11-,12-,14-,16+,17-,18-,19-/m1/s1. The minimum Gasteiger partial charge on any atom is -0.462 e. The van der Waals surface area contributed by atoms with Crippen LogP contribution >= 0.6 is 0 Å². The summed E-state index contributed by atoms with van der Waals surface area (Å²) in [5.74, 6) is -1.44. The van der Waals surface area contributed by atoms with Crippen LogP contribution in [0.4, 0.5) is 0 Å². The number of carbonyl (C=O) groups is 3. The Balaban J connectivity index is 2.02. The molecule has 7 atom stereocenters. The highest BCUT2D eigenvalue weighted by atomic mass is 16.6. The van der Waals surface area contributed by atoms with Gasteiger partial charge < -0.3 is 9.47 Å². The van der Waals surface area contributed by atoms with E-state index in [-0.39, 0.29) is 47.4 Å². The van der Waals surface area contributed by atoms with Gasteiger partial charge in [0.2, 0.25) is 0 Å². The molecule has 2 fully saturated rings. The lowest BCUT2D eigenvalue weighted by Crippen LogP contribution is -2.41. The zero-order chi connectivity index (χ0) is 18.5. The second kappa shape index (κ2) is 6.43. The molecule has 0 aromatic rings. The molecule has 0 amide bonds. The minimum absolute atomic E-state index is 0.0731. The molecular weight excluding hydrogens is 320 g/mol. The lowest BCUT2D eigenvalue weighted by Gasteiger charge is -2.33. The van der Waals surface area contributed by atoms with Crippen molar-refractivity contribution in [3.63, 3.8) is 0 Å². The lowest BCUT2D eigenvalue weighted by molar-refractivity contribution is -0.151. The van der Waals surface area contributed by atoms with Crippen LogP contribution in [0.15, 0.2) is 23.3 Å². The van der Waals surface area contributed by atoms with E-state index in [9.17, 15) is 14.4 Å². The van der Waals surface area contributed by atoms with Crippen LogP contribution in [0.3, 0.4) is 0 Å². The summed E-state index contributed by atoms with van der Waals surface area (Å²) in [4.78, 5) is 37.0. The number of allylic oxidation sites excluding steroid dienone is 2. The van der Waals surface area contributed by atoms with E-state index in [1.807, 2.05) is 34.6 Å². The molecule has 5 heteroatoms. The molecule has 1 saturated carbocycles. The summed E-state index contributed by atoms with van der Waals surface area (Å²) in [6, 6.07) is 0. The molecule has 0 spiro atoms. The summed E-state index contributed by atoms with van der Waals surface area (Å²) in [7, 11) is 0. The number of ether oxygens (including phenoxy) is 2.